The van der Waals surface area contributed by atoms with Gasteiger partial charge in [-0.2, -0.15) is 0 Å². The minimum atomic E-state index is -3.71. The number of rotatable bonds is 3. The van der Waals surface area contributed by atoms with Gasteiger partial charge in [0.2, 0.25) is 10.0 Å². The van der Waals surface area contributed by atoms with Crippen molar-refractivity contribution in [2.75, 3.05) is 5.73 Å². The molecule has 4 nitrogen and oxygen atoms in total. The average Bonchev–Trinajstić information content (AvgIpc) is 2.33. The summed E-state index contributed by atoms with van der Waals surface area (Å²) in [7, 11) is -3.71. The standard InChI is InChI=1S/C13H14N2O2S2/c1-9-4-2-3-5-12(9)18-13-7-6-10(8-11(13)14)19(15,16)17/h2-8H,14H2,1H3,(H2,15,16,17). The monoisotopic (exact) mass is 294 g/mol. The number of nitrogens with two attached hydrogens (primary N) is 2. The first kappa shape index (κ1) is 13.9. The Hall–Kier alpha value is -1.50. The molecule has 0 aliphatic heterocycles. The quantitative estimate of drug-likeness (QED) is 0.851. The highest BCUT2D eigenvalue weighted by Crippen LogP contribution is 2.34. The van der Waals surface area contributed by atoms with E-state index in [1.807, 2.05) is 31.2 Å². The van der Waals surface area contributed by atoms with Crippen molar-refractivity contribution >= 4 is 27.5 Å². The molecule has 0 unspecified atom stereocenters. The Labute approximate surface area is 116 Å². The molecule has 6 heteroatoms. The zero-order chi connectivity index (χ0) is 14.0. The van der Waals surface area contributed by atoms with Gasteiger partial charge in [-0.15, -0.1) is 0 Å². The van der Waals surface area contributed by atoms with Crippen molar-refractivity contribution in [1.82, 2.24) is 0 Å². The number of aryl methyl sites for hydroxylation is 1. The van der Waals surface area contributed by atoms with Crippen molar-refractivity contribution in [2.45, 2.75) is 21.6 Å². The molecule has 0 saturated heterocycles. The lowest BCUT2D eigenvalue weighted by molar-refractivity contribution is 0.598. The van der Waals surface area contributed by atoms with Crippen LogP contribution in [0, 0.1) is 6.92 Å². The summed E-state index contributed by atoms with van der Waals surface area (Å²) in [5.41, 5.74) is 7.42. The Kier molecular flexibility index (Phi) is 3.84. The molecule has 19 heavy (non-hydrogen) atoms. The van der Waals surface area contributed by atoms with E-state index in [1.165, 1.54) is 23.9 Å². The number of benzene rings is 2. The zero-order valence-electron chi connectivity index (χ0n) is 10.3. The third-order valence-electron chi connectivity index (χ3n) is 2.62. The molecule has 0 amide bonds. The molecule has 0 saturated carbocycles. The molecule has 0 spiro atoms. The second-order valence-electron chi connectivity index (χ2n) is 4.11. The molecule has 0 radical (unpaired) electrons. The number of hydrogen-bond acceptors (Lipinski definition) is 4. The molecule has 100 valence electrons. The van der Waals surface area contributed by atoms with E-state index in [1.54, 1.807) is 6.07 Å². The van der Waals surface area contributed by atoms with Gasteiger partial charge in [0.1, 0.15) is 0 Å². The Balaban J connectivity index is 2.36. The van der Waals surface area contributed by atoms with Crippen LogP contribution >= 0.6 is 11.8 Å². The molecule has 0 aliphatic rings. The molecule has 0 aliphatic carbocycles. The minimum absolute atomic E-state index is 0.0270. The third-order valence-corrected chi connectivity index (χ3v) is 4.80. The fourth-order valence-electron chi connectivity index (χ4n) is 1.59. The van der Waals surface area contributed by atoms with Gasteiger partial charge in [0.05, 0.1) is 4.90 Å². The van der Waals surface area contributed by atoms with Crippen LogP contribution in [0.2, 0.25) is 0 Å². The number of hydrogen-bond donors (Lipinski definition) is 2. The first-order valence-electron chi connectivity index (χ1n) is 5.54. The predicted octanol–water partition coefficient (Wildman–Crippen LogP) is 2.38. The second-order valence-corrected chi connectivity index (χ2v) is 6.76. The normalized spacial score (nSPS) is 11.5. The first-order valence-corrected chi connectivity index (χ1v) is 7.90. The van der Waals surface area contributed by atoms with Crippen molar-refractivity contribution in [3.05, 3.63) is 48.0 Å². The van der Waals surface area contributed by atoms with E-state index in [4.69, 9.17) is 10.9 Å². The topological polar surface area (TPSA) is 86.2 Å². The van der Waals surface area contributed by atoms with Crippen molar-refractivity contribution in [1.29, 1.82) is 0 Å². The van der Waals surface area contributed by atoms with E-state index < -0.39 is 10.0 Å². The van der Waals surface area contributed by atoms with Crippen LogP contribution in [0.15, 0.2) is 57.2 Å². The molecule has 0 atom stereocenters. The number of primary sulfonamides is 1. The van der Waals surface area contributed by atoms with Crippen LogP contribution in [-0.4, -0.2) is 8.42 Å². The molecule has 0 aromatic heterocycles. The third kappa shape index (κ3) is 3.28. The summed E-state index contributed by atoms with van der Waals surface area (Å²) in [5.74, 6) is 0. The molecule has 2 aromatic rings. The SMILES string of the molecule is Cc1ccccc1Sc1ccc(S(N)(=O)=O)cc1N. The molecular formula is C13H14N2O2S2. The predicted molar refractivity (Wildman–Crippen MR) is 77.5 cm³/mol. The van der Waals surface area contributed by atoms with Gasteiger partial charge in [0, 0.05) is 15.5 Å². The summed E-state index contributed by atoms with van der Waals surface area (Å²) in [6, 6.07) is 12.4. The molecule has 0 bridgehead atoms. The molecule has 2 rings (SSSR count). The van der Waals surface area contributed by atoms with Crippen LogP contribution in [0.25, 0.3) is 0 Å². The molecule has 2 aromatic carbocycles. The summed E-state index contributed by atoms with van der Waals surface area (Å²) in [6.45, 7) is 2.01. The lowest BCUT2D eigenvalue weighted by Crippen LogP contribution is -2.12. The number of anilines is 1. The Bertz CT molecular complexity index is 712. The second kappa shape index (κ2) is 5.24. The Morgan fingerprint density at radius 2 is 1.74 bits per heavy atom. The zero-order valence-corrected chi connectivity index (χ0v) is 12.0. The van der Waals surface area contributed by atoms with Crippen LogP contribution < -0.4 is 10.9 Å². The first-order chi connectivity index (χ1) is 8.88. The summed E-state index contributed by atoms with van der Waals surface area (Å²) >= 11 is 1.50. The van der Waals surface area contributed by atoms with Crippen molar-refractivity contribution < 1.29 is 8.42 Å². The van der Waals surface area contributed by atoms with Crippen LogP contribution in [0.1, 0.15) is 5.56 Å². The smallest absolute Gasteiger partial charge is 0.238 e. The van der Waals surface area contributed by atoms with Gasteiger partial charge in [-0.25, -0.2) is 13.6 Å². The summed E-state index contributed by atoms with van der Waals surface area (Å²) in [6.07, 6.45) is 0. The largest absolute Gasteiger partial charge is 0.398 e. The average molecular weight is 294 g/mol. The highest BCUT2D eigenvalue weighted by atomic mass is 32.2. The van der Waals surface area contributed by atoms with Crippen LogP contribution in [-0.2, 0) is 10.0 Å². The number of sulfonamides is 1. The van der Waals surface area contributed by atoms with Crippen LogP contribution in [0.3, 0.4) is 0 Å². The van der Waals surface area contributed by atoms with Crippen molar-refractivity contribution in [2.24, 2.45) is 5.14 Å². The number of nitrogen functional groups attached to an aromatic ring is 1. The molecular weight excluding hydrogens is 280 g/mol. The van der Waals surface area contributed by atoms with E-state index in [-0.39, 0.29) is 4.90 Å². The van der Waals surface area contributed by atoms with E-state index in [0.717, 1.165) is 15.4 Å². The van der Waals surface area contributed by atoms with Gasteiger partial charge < -0.3 is 5.73 Å². The molecule has 0 heterocycles. The lowest BCUT2D eigenvalue weighted by atomic mass is 10.2. The van der Waals surface area contributed by atoms with Gasteiger partial charge in [-0.1, -0.05) is 30.0 Å². The van der Waals surface area contributed by atoms with Gasteiger partial charge in [0.15, 0.2) is 0 Å². The van der Waals surface area contributed by atoms with Crippen molar-refractivity contribution in [3.8, 4) is 0 Å². The van der Waals surface area contributed by atoms with Gasteiger partial charge in [-0.05, 0) is 36.8 Å². The highest BCUT2D eigenvalue weighted by Gasteiger charge is 2.11. The Morgan fingerprint density at radius 3 is 2.32 bits per heavy atom. The summed E-state index contributed by atoms with van der Waals surface area (Å²) in [4.78, 5) is 1.92. The highest BCUT2D eigenvalue weighted by molar-refractivity contribution is 7.99. The van der Waals surface area contributed by atoms with Gasteiger partial charge in [0.25, 0.3) is 0 Å². The maximum Gasteiger partial charge on any atom is 0.238 e. The van der Waals surface area contributed by atoms with Crippen LogP contribution in [0.5, 0.6) is 0 Å². The van der Waals surface area contributed by atoms with Crippen LogP contribution in [0.4, 0.5) is 5.69 Å². The Morgan fingerprint density at radius 1 is 1.05 bits per heavy atom. The maximum absolute atomic E-state index is 11.2. The van der Waals surface area contributed by atoms with Gasteiger partial charge in [-0.3, -0.25) is 0 Å². The van der Waals surface area contributed by atoms with Crippen molar-refractivity contribution in [3.63, 3.8) is 0 Å². The fourth-order valence-corrected chi connectivity index (χ4v) is 3.06. The van der Waals surface area contributed by atoms with E-state index in [9.17, 15) is 8.42 Å². The summed E-state index contributed by atoms with van der Waals surface area (Å²) < 4.78 is 22.4. The molecule has 0 fully saturated rings. The van der Waals surface area contributed by atoms with E-state index in [0.29, 0.717) is 5.69 Å². The summed E-state index contributed by atoms with van der Waals surface area (Å²) in [5, 5.41) is 5.06. The lowest BCUT2D eigenvalue weighted by Gasteiger charge is -2.09. The van der Waals surface area contributed by atoms with E-state index >= 15 is 0 Å². The molecule has 4 N–H and O–H groups in total. The van der Waals surface area contributed by atoms with Gasteiger partial charge >= 0.3 is 0 Å². The fraction of sp³-hybridized carbons (Fsp3) is 0.0769. The maximum atomic E-state index is 11.2. The minimum Gasteiger partial charge on any atom is -0.398 e. The van der Waals surface area contributed by atoms with E-state index in [2.05, 4.69) is 0 Å².